The van der Waals surface area contributed by atoms with Crippen LogP contribution in [0.15, 0.2) is 29.7 Å². The minimum Gasteiger partial charge on any atom is -0.481 e. The van der Waals surface area contributed by atoms with Crippen molar-refractivity contribution in [3.8, 4) is 0 Å². The molecule has 0 amide bonds. The number of unbranched alkanes of at least 4 members (excludes halogenated alkanes) is 14. The molecule has 2 rings (SSSR count). The molecule has 1 saturated carbocycles. The van der Waals surface area contributed by atoms with E-state index in [0.29, 0.717) is 6.42 Å². The molecule has 0 aromatic rings. The third-order valence-electron chi connectivity index (χ3n) is 7.84. The first kappa shape index (κ1) is 33.7. The van der Waals surface area contributed by atoms with Gasteiger partial charge in [0.2, 0.25) is 0 Å². The zero-order valence-electron chi connectivity index (χ0n) is 23.9. The van der Waals surface area contributed by atoms with E-state index in [1.165, 1.54) is 68.5 Å². The number of aliphatic hydroxyl groups is 1. The lowest BCUT2D eigenvalue weighted by Gasteiger charge is -2.33. The Bertz CT molecular complexity index is 864. The Morgan fingerprint density at radius 2 is 1.43 bits per heavy atom. The predicted molar refractivity (Wildman–Crippen MR) is 152 cm³/mol. The summed E-state index contributed by atoms with van der Waals surface area (Å²) in [5, 5.41) is 18.8. The molecule has 0 aromatic carbocycles. The van der Waals surface area contributed by atoms with E-state index in [2.05, 4.69) is 11.6 Å². The summed E-state index contributed by atoms with van der Waals surface area (Å²) in [6.07, 6.45) is 18.0. The summed E-state index contributed by atoms with van der Waals surface area (Å²) in [4.78, 5) is 27.7. The zero-order chi connectivity index (χ0) is 29.4. The maximum atomic E-state index is 14.8. The molecule has 8 nitrogen and oxygen atoms in total. The number of rotatable bonds is 21. The van der Waals surface area contributed by atoms with E-state index in [9.17, 15) is 23.5 Å². The highest BCUT2D eigenvalue weighted by atomic mass is 19.3. The summed E-state index contributed by atoms with van der Waals surface area (Å²) >= 11 is 0. The molecule has 40 heavy (non-hydrogen) atoms. The molecule has 1 aliphatic carbocycles. The van der Waals surface area contributed by atoms with E-state index >= 15 is 0 Å². The molecule has 3 atom stereocenters. The van der Waals surface area contributed by atoms with Gasteiger partial charge >= 0.3 is 11.9 Å². The van der Waals surface area contributed by atoms with E-state index in [-0.39, 0.29) is 37.5 Å². The number of carbonyl (C=O) groups excluding carboxylic acids is 1. The second-order valence-electron chi connectivity index (χ2n) is 11.2. The number of amidine groups is 1. The number of aliphatic hydroxyl groups excluding tert-OH is 1. The lowest BCUT2D eigenvalue weighted by atomic mass is 10.0. The van der Waals surface area contributed by atoms with Crippen molar-refractivity contribution >= 4 is 17.8 Å². The largest absolute Gasteiger partial charge is 0.481 e. The Kier molecular flexibility index (Phi) is 15.2. The maximum absolute atomic E-state index is 14.8. The van der Waals surface area contributed by atoms with Crippen molar-refractivity contribution in [2.24, 2.45) is 16.6 Å². The van der Waals surface area contributed by atoms with Gasteiger partial charge in [0.15, 0.2) is 0 Å². The number of nitrogens with zero attached hydrogens (tertiary/aromatic N) is 2. The fraction of sp³-hybridized carbons (Fsp3) is 0.767. The fourth-order valence-corrected chi connectivity index (χ4v) is 5.43. The van der Waals surface area contributed by atoms with Gasteiger partial charge in [0.05, 0.1) is 6.61 Å². The summed E-state index contributed by atoms with van der Waals surface area (Å²) in [7, 11) is 0. The topological polar surface area (TPSA) is 125 Å². The average molecular weight is 570 g/mol. The van der Waals surface area contributed by atoms with E-state index in [4.69, 9.17) is 15.6 Å². The second-order valence-corrected chi connectivity index (χ2v) is 11.2. The molecule has 10 heteroatoms. The van der Waals surface area contributed by atoms with Crippen molar-refractivity contribution < 1.29 is 33.3 Å². The Morgan fingerprint density at radius 1 is 0.950 bits per heavy atom. The van der Waals surface area contributed by atoms with Gasteiger partial charge in [0.25, 0.3) is 5.92 Å². The molecule has 1 heterocycles. The molecule has 1 fully saturated rings. The van der Waals surface area contributed by atoms with Crippen molar-refractivity contribution in [3.63, 3.8) is 0 Å². The van der Waals surface area contributed by atoms with Crippen LogP contribution in [0.5, 0.6) is 0 Å². The smallest absolute Gasteiger partial charge is 0.305 e. The average Bonchev–Trinajstić information content (AvgIpc) is 3.12. The number of aliphatic carboxylic acids is 1. The number of halogens is 2. The van der Waals surface area contributed by atoms with E-state index in [1.54, 1.807) is 0 Å². The fourth-order valence-electron chi connectivity index (χ4n) is 5.43. The molecule has 0 aromatic heterocycles. The van der Waals surface area contributed by atoms with Gasteiger partial charge < -0.3 is 25.6 Å². The summed E-state index contributed by atoms with van der Waals surface area (Å²) in [6, 6.07) is -1.33. The first-order valence-corrected chi connectivity index (χ1v) is 15.1. The van der Waals surface area contributed by atoms with Crippen LogP contribution in [0.1, 0.15) is 116 Å². The highest BCUT2D eigenvalue weighted by Crippen LogP contribution is 2.44. The number of carboxylic acids is 1. The number of hydrogen-bond acceptors (Lipinski definition) is 7. The second kappa shape index (κ2) is 18.0. The van der Waals surface area contributed by atoms with Crippen LogP contribution in [0.2, 0.25) is 0 Å². The minimum atomic E-state index is -3.41. The van der Waals surface area contributed by atoms with Gasteiger partial charge in [-0.1, -0.05) is 90.0 Å². The Morgan fingerprint density at radius 3 is 1.90 bits per heavy atom. The van der Waals surface area contributed by atoms with Crippen LogP contribution < -0.4 is 5.73 Å². The van der Waals surface area contributed by atoms with Crippen molar-refractivity contribution in [3.05, 3.63) is 24.7 Å². The Labute approximate surface area is 237 Å². The molecule has 4 N–H and O–H groups in total. The number of aliphatic imine (C=N–C) groups is 1. The number of esters is 1. The summed E-state index contributed by atoms with van der Waals surface area (Å²) in [6.45, 7) is 3.43. The summed E-state index contributed by atoms with van der Waals surface area (Å²) in [5.74, 6) is -5.13. The van der Waals surface area contributed by atoms with Crippen LogP contribution >= 0.6 is 0 Å². The number of nitrogens with two attached hydrogens (primary N) is 1. The number of ether oxygens (including phenoxy) is 1. The molecule has 0 radical (unpaired) electrons. The standard InChI is InChI=1S/C30H49F2N3O5/c1-23-34-26(33)19-20-35(23)25-21-24(29(39)30(25,31)32)22-40-28(38)18-16-14-12-10-8-6-4-2-3-5-7-9-11-13-15-17-27(36)37/h19-20,24-25,29,39H,1-18,21-22H2,(H2,33,34)(H,36,37)/t24-,25-,29?/m1/s1. The van der Waals surface area contributed by atoms with E-state index in [1.807, 2.05) is 0 Å². The summed E-state index contributed by atoms with van der Waals surface area (Å²) in [5.41, 5.74) is 5.58. The van der Waals surface area contributed by atoms with Crippen molar-refractivity contribution in [2.75, 3.05) is 6.61 Å². The van der Waals surface area contributed by atoms with Gasteiger partial charge in [-0.2, -0.15) is 0 Å². The normalized spacial score (nSPS) is 22.0. The third-order valence-corrected chi connectivity index (χ3v) is 7.84. The monoisotopic (exact) mass is 569 g/mol. The molecule has 0 bridgehead atoms. The molecule has 0 spiro atoms. The first-order valence-electron chi connectivity index (χ1n) is 15.1. The van der Waals surface area contributed by atoms with Crippen LogP contribution in [0, 0.1) is 5.92 Å². The number of alkyl halides is 2. The zero-order valence-corrected chi connectivity index (χ0v) is 23.9. The van der Waals surface area contributed by atoms with Crippen LogP contribution in [-0.4, -0.2) is 57.6 Å². The maximum Gasteiger partial charge on any atom is 0.305 e. The van der Waals surface area contributed by atoms with Gasteiger partial charge in [-0.15, -0.1) is 0 Å². The Balaban J connectivity index is 1.44. The quantitative estimate of drug-likeness (QED) is 0.110. The van der Waals surface area contributed by atoms with E-state index in [0.717, 1.165) is 38.5 Å². The molecule has 228 valence electrons. The molecule has 0 saturated heterocycles. The van der Waals surface area contributed by atoms with Gasteiger partial charge in [-0.3, -0.25) is 9.59 Å². The molecular formula is C30H49F2N3O5. The molecule has 1 unspecified atom stereocenters. The molecule has 1 aliphatic heterocycles. The number of hydrogen-bond donors (Lipinski definition) is 3. The minimum absolute atomic E-state index is 0.0591. The lowest BCUT2D eigenvalue weighted by Crippen LogP contribution is -2.46. The van der Waals surface area contributed by atoms with Crippen molar-refractivity contribution in [1.29, 1.82) is 0 Å². The SMILES string of the molecule is C=C1N=C(N)C=CN1[C@@H]1C[C@H](COC(=O)CCCCCCCCCCCCCCCCCC(=O)O)C(O)C1(F)F. The van der Waals surface area contributed by atoms with E-state index < -0.39 is 35.9 Å². The van der Waals surface area contributed by atoms with Crippen LogP contribution in [-0.2, 0) is 14.3 Å². The van der Waals surface area contributed by atoms with Crippen LogP contribution in [0.4, 0.5) is 8.78 Å². The van der Waals surface area contributed by atoms with Gasteiger partial charge in [0.1, 0.15) is 23.8 Å². The third kappa shape index (κ3) is 11.9. The number of carboxylic acid groups (broad SMARTS) is 1. The highest BCUT2D eigenvalue weighted by Gasteiger charge is 2.59. The van der Waals surface area contributed by atoms with Crippen molar-refractivity contribution in [2.45, 2.75) is 134 Å². The predicted octanol–water partition coefficient (Wildman–Crippen LogP) is 6.29. The van der Waals surface area contributed by atoms with Crippen LogP contribution in [0.25, 0.3) is 0 Å². The van der Waals surface area contributed by atoms with Gasteiger partial charge in [-0.05, 0) is 25.3 Å². The van der Waals surface area contributed by atoms with Gasteiger partial charge in [0, 0.05) is 25.0 Å². The lowest BCUT2D eigenvalue weighted by molar-refractivity contribution is -0.150. The Hall–Kier alpha value is -2.49. The van der Waals surface area contributed by atoms with Crippen LogP contribution in [0.3, 0.4) is 0 Å². The summed E-state index contributed by atoms with van der Waals surface area (Å²) < 4.78 is 34.8. The highest BCUT2D eigenvalue weighted by molar-refractivity contribution is 5.92. The molecular weight excluding hydrogens is 520 g/mol. The number of carbonyl (C=O) groups is 2. The van der Waals surface area contributed by atoms with Crippen molar-refractivity contribution in [1.82, 2.24) is 4.90 Å². The first-order chi connectivity index (χ1) is 19.1. The molecule has 2 aliphatic rings. The van der Waals surface area contributed by atoms with Gasteiger partial charge in [-0.25, -0.2) is 13.8 Å².